The molecule has 110 valence electrons. The first kappa shape index (κ1) is 15.2. The second-order valence-corrected chi connectivity index (χ2v) is 7.18. The molecule has 1 aromatic heterocycles. The lowest BCUT2D eigenvalue weighted by molar-refractivity contribution is -0.141. The van der Waals surface area contributed by atoms with Gasteiger partial charge in [-0.2, -0.15) is 0 Å². The highest BCUT2D eigenvalue weighted by Gasteiger charge is 2.39. The number of thioether (sulfide) groups is 1. The number of thiophene rings is 1. The minimum absolute atomic E-state index is 0.106. The number of nitrogens with one attached hydrogen (secondary N) is 1. The van der Waals surface area contributed by atoms with Crippen molar-refractivity contribution in [2.45, 2.75) is 38.2 Å². The van der Waals surface area contributed by atoms with Crippen LogP contribution in [0.4, 0.5) is 4.79 Å². The lowest BCUT2D eigenvalue weighted by Gasteiger charge is -2.25. The summed E-state index contributed by atoms with van der Waals surface area (Å²) in [6.45, 7) is 4.39. The number of amides is 2. The highest BCUT2D eigenvalue weighted by Crippen LogP contribution is 2.28. The van der Waals surface area contributed by atoms with Crippen molar-refractivity contribution in [3.05, 3.63) is 21.9 Å². The molecule has 20 heavy (non-hydrogen) atoms. The summed E-state index contributed by atoms with van der Waals surface area (Å²) in [5.41, 5.74) is 0. The Hall–Kier alpha value is -1.21. The monoisotopic (exact) mass is 314 g/mol. The third kappa shape index (κ3) is 3.27. The van der Waals surface area contributed by atoms with E-state index in [1.165, 1.54) is 21.5 Å². The van der Waals surface area contributed by atoms with E-state index in [2.05, 4.69) is 18.3 Å². The topological polar surface area (TPSA) is 69.6 Å². The summed E-state index contributed by atoms with van der Waals surface area (Å²) in [7, 11) is 0. The maximum absolute atomic E-state index is 12.2. The van der Waals surface area contributed by atoms with Gasteiger partial charge in [-0.1, -0.05) is 6.92 Å². The Morgan fingerprint density at radius 3 is 2.75 bits per heavy atom. The van der Waals surface area contributed by atoms with Crippen LogP contribution in [-0.2, 0) is 17.8 Å². The Bertz CT molecular complexity index is 504. The van der Waals surface area contributed by atoms with Crippen LogP contribution in [0.5, 0.6) is 0 Å². The minimum Gasteiger partial charge on any atom is -0.480 e. The summed E-state index contributed by atoms with van der Waals surface area (Å²) in [6, 6.07) is 3.02. The molecule has 0 saturated carbocycles. The summed E-state index contributed by atoms with van der Waals surface area (Å²) in [5.74, 6) is -0.496. The van der Waals surface area contributed by atoms with E-state index in [0.717, 1.165) is 11.3 Å². The second-order valence-electron chi connectivity index (χ2n) is 4.57. The molecule has 0 radical (unpaired) electrons. The number of nitrogens with zero attached hydrogens (tertiary/aromatic N) is 1. The Balaban J connectivity index is 1.95. The van der Waals surface area contributed by atoms with Crippen molar-refractivity contribution in [3.8, 4) is 0 Å². The molecule has 2 rings (SSSR count). The van der Waals surface area contributed by atoms with Crippen LogP contribution in [0.3, 0.4) is 0 Å². The predicted molar refractivity (Wildman–Crippen MR) is 81.1 cm³/mol. The van der Waals surface area contributed by atoms with E-state index in [-0.39, 0.29) is 11.4 Å². The molecule has 2 heterocycles. The molecule has 1 fully saturated rings. The Kier molecular flexibility index (Phi) is 4.93. The quantitative estimate of drug-likeness (QED) is 0.895. The standard InChI is InChI=1S/C13H18N2O3S2/c1-3-9-4-5-10(20-9)6-14-13(18)15-8(2)19-7-11(15)12(16)17/h4-5,8,11H,3,6-7H2,1-2H3,(H,14,18)(H,16,17). The fourth-order valence-corrected chi connectivity index (χ4v) is 4.17. The molecule has 1 aliphatic rings. The van der Waals surface area contributed by atoms with Gasteiger partial charge in [-0.05, 0) is 25.5 Å². The van der Waals surface area contributed by atoms with Gasteiger partial charge in [0.1, 0.15) is 6.04 Å². The zero-order chi connectivity index (χ0) is 14.7. The van der Waals surface area contributed by atoms with Crippen LogP contribution in [0.2, 0.25) is 0 Å². The summed E-state index contributed by atoms with van der Waals surface area (Å²) in [6.07, 6.45) is 0.986. The SMILES string of the molecule is CCc1ccc(CNC(=O)N2C(C)SCC2C(=O)O)s1. The number of carbonyl (C=O) groups is 2. The largest absolute Gasteiger partial charge is 0.480 e. The average Bonchev–Trinajstić information content (AvgIpc) is 3.02. The Labute approximate surface area is 126 Å². The van der Waals surface area contributed by atoms with Gasteiger partial charge in [0.15, 0.2) is 0 Å². The van der Waals surface area contributed by atoms with Crippen LogP contribution in [0, 0.1) is 0 Å². The number of hydrogen-bond acceptors (Lipinski definition) is 4. The van der Waals surface area contributed by atoms with Gasteiger partial charge in [0, 0.05) is 15.5 Å². The molecule has 2 N–H and O–H groups in total. The van der Waals surface area contributed by atoms with Crippen LogP contribution in [0.25, 0.3) is 0 Å². The van der Waals surface area contributed by atoms with E-state index in [9.17, 15) is 9.59 Å². The highest BCUT2D eigenvalue weighted by molar-refractivity contribution is 8.00. The van der Waals surface area contributed by atoms with Gasteiger partial charge < -0.3 is 10.4 Å². The molecule has 0 aromatic carbocycles. The van der Waals surface area contributed by atoms with Crippen molar-refractivity contribution in [2.75, 3.05) is 5.75 Å². The van der Waals surface area contributed by atoms with Gasteiger partial charge >= 0.3 is 12.0 Å². The summed E-state index contributed by atoms with van der Waals surface area (Å²) < 4.78 is 0. The van der Waals surface area contributed by atoms with Crippen molar-refractivity contribution in [3.63, 3.8) is 0 Å². The first-order chi connectivity index (χ1) is 9.52. The van der Waals surface area contributed by atoms with Gasteiger partial charge in [-0.3, -0.25) is 4.90 Å². The van der Waals surface area contributed by atoms with E-state index in [1.807, 2.05) is 13.0 Å². The van der Waals surface area contributed by atoms with E-state index in [4.69, 9.17) is 5.11 Å². The maximum atomic E-state index is 12.2. The van der Waals surface area contributed by atoms with Crippen molar-refractivity contribution in [1.29, 1.82) is 0 Å². The third-order valence-electron chi connectivity index (χ3n) is 3.22. The fourth-order valence-electron chi connectivity index (χ4n) is 2.10. The molecule has 0 spiro atoms. The van der Waals surface area contributed by atoms with Crippen molar-refractivity contribution in [1.82, 2.24) is 10.2 Å². The van der Waals surface area contributed by atoms with E-state index >= 15 is 0 Å². The van der Waals surface area contributed by atoms with Crippen LogP contribution >= 0.6 is 23.1 Å². The van der Waals surface area contributed by atoms with E-state index in [1.54, 1.807) is 11.3 Å². The number of hydrogen-bond donors (Lipinski definition) is 2. The summed E-state index contributed by atoms with van der Waals surface area (Å²) in [4.78, 5) is 27.1. The normalized spacial score (nSPS) is 22.0. The van der Waals surface area contributed by atoms with Crippen LogP contribution in [-0.4, -0.2) is 39.2 Å². The van der Waals surface area contributed by atoms with E-state index < -0.39 is 12.0 Å². The molecule has 1 aliphatic heterocycles. The van der Waals surface area contributed by atoms with Gasteiger partial charge in [0.2, 0.25) is 0 Å². The molecular formula is C13H18N2O3S2. The van der Waals surface area contributed by atoms with Crippen LogP contribution in [0.15, 0.2) is 12.1 Å². The Morgan fingerprint density at radius 2 is 2.15 bits per heavy atom. The molecular weight excluding hydrogens is 296 g/mol. The van der Waals surface area contributed by atoms with Gasteiger partial charge in [0.05, 0.1) is 11.9 Å². The number of carboxylic acids is 1. The first-order valence-corrected chi connectivity index (χ1v) is 8.37. The van der Waals surface area contributed by atoms with Crippen LogP contribution in [0.1, 0.15) is 23.6 Å². The van der Waals surface area contributed by atoms with Crippen molar-refractivity contribution in [2.24, 2.45) is 0 Å². The fraction of sp³-hybridized carbons (Fsp3) is 0.538. The number of carbonyl (C=O) groups excluding carboxylic acids is 1. The van der Waals surface area contributed by atoms with E-state index in [0.29, 0.717) is 12.3 Å². The number of aliphatic carboxylic acids is 1. The molecule has 2 unspecified atom stereocenters. The molecule has 1 aromatic rings. The zero-order valence-electron chi connectivity index (χ0n) is 11.5. The second kappa shape index (κ2) is 6.49. The molecule has 7 heteroatoms. The lowest BCUT2D eigenvalue weighted by Crippen LogP contribution is -2.49. The van der Waals surface area contributed by atoms with Gasteiger partial charge in [0.25, 0.3) is 0 Å². The predicted octanol–water partition coefficient (Wildman–Crippen LogP) is 2.37. The van der Waals surface area contributed by atoms with Crippen molar-refractivity contribution >= 4 is 35.1 Å². The average molecular weight is 314 g/mol. The summed E-state index contributed by atoms with van der Waals surface area (Å²) >= 11 is 3.16. The van der Waals surface area contributed by atoms with Gasteiger partial charge in [-0.15, -0.1) is 23.1 Å². The number of carboxylic acid groups (broad SMARTS) is 1. The van der Waals surface area contributed by atoms with Crippen molar-refractivity contribution < 1.29 is 14.7 Å². The molecule has 2 atom stereocenters. The molecule has 0 bridgehead atoms. The molecule has 5 nitrogen and oxygen atoms in total. The number of rotatable bonds is 4. The number of aryl methyl sites for hydroxylation is 1. The highest BCUT2D eigenvalue weighted by atomic mass is 32.2. The molecule has 1 saturated heterocycles. The summed E-state index contributed by atoms with van der Waals surface area (Å²) in [5, 5.41) is 11.8. The molecule has 0 aliphatic carbocycles. The number of urea groups is 1. The minimum atomic E-state index is -0.943. The lowest BCUT2D eigenvalue weighted by atomic mass is 10.3. The maximum Gasteiger partial charge on any atom is 0.327 e. The Morgan fingerprint density at radius 1 is 1.45 bits per heavy atom. The third-order valence-corrected chi connectivity index (χ3v) is 5.67. The van der Waals surface area contributed by atoms with Crippen LogP contribution < -0.4 is 5.32 Å². The smallest absolute Gasteiger partial charge is 0.327 e. The van der Waals surface area contributed by atoms with Gasteiger partial charge in [-0.25, -0.2) is 9.59 Å². The zero-order valence-corrected chi connectivity index (χ0v) is 13.1. The first-order valence-electron chi connectivity index (χ1n) is 6.51. The molecule has 2 amide bonds.